The molecule has 0 aliphatic heterocycles. The van der Waals surface area contributed by atoms with Crippen molar-refractivity contribution in [2.24, 2.45) is 5.92 Å². The largest absolute Gasteiger partial charge is 0.398 e. The van der Waals surface area contributed by atoms with Crippen molar-refractivity contribution in [2.45, 2.75) is 32.7 Å². The van der Waals surface area contributed by atoms with Crippen molar-refractivity contribution in [3.8, 4) is 6.07 Å². The number of nitrogens with zero attached hydrogens (tertiary/aromatic N) is 2. The molecule has 3 N–H and O–H groups in total. The molecule has 3 rings (SSSR count). The Balaban J connectivity index is 1.81. The molecule has 6 nitrogen and oxygen atoms in total. The molecule has 124 valence electrons. The number of rotatable bonds is 3. The summed E-state index contributed by atoms with van der Waals surface area (Å²) in [4.78, 5) is 25.2. The van der Waals surface area contributed by atoms with Crippen LogP contribution in [0.4, 0.5) is 10.7 Å². The maximum atomic E-state index is 12.3. The highest BCUT2D eigenvalue weighted by Crippen LogP contribution is 2.39. The van der Waals surface area contributed by atoms with Gasteiger partial charge in [-0.3, -0.25) is 9.59 Å². The number of anilines is 2. The Bertz CT molecular complexity index is 891. The first-order valence-corrected chi connectivity index (χ1v) is 8.60. The maximum absolute atomic E-state index is 12.3. The Hall–Kier alpha value is -2.59. The zero-order valence-electron chi connectivity index (χ0n) is 13.3. The highest BCUT2D eigenvalue weighted by molar-refractivity contribution is 7.16. The van der Waals surface area contributed by atoms with Gasteiger partial charge in [-0.05, 0) is 36.8 Å². The van der Waals surface area contributed by atoms with Gasteiger partial charge in [-0.15, -0.1) is 11.3 Å². The summed E-state index contributed by atoms with van der Waals surface area (Å²) in [6, 6.07) is 5.04. The highest BCUT2D eigenvalue weighted by atomic mass is 32.1. The molecular weight excluding hydrogens is 324 g/mol. The molecule has 7 heteroatoms. The zero-order chi connectivity index (χ0) is 17.3. The van der Waals surface area contributed by atoms with Crippen LogP contribution in [-0.2, 0) is 24.2 Å². The van der Waals surface area contributed by atoms with E-state index in [-0.39, 0.29) is 18.0 Å². The van der Waals surface area contributed by atoms with Crippen molar-refractivity contribution >= 4 is 27.9 Å². The van der Waals surface area contributed by atoms with Crippen LogP contribution in [0.5, 0.6) is 0 Å². The van der Waals surface area contributed by atoms with Crippen LogP contribution in [-0.4, -0.2) is 10.5 Å². The van der Waals surface area contributed by atoms with Crippen LogP contribution in [0.15, 0.2) is 23.1 Å². The summed E-state index contributed by atoms with van der Waals surface area (Å²) in [5, 5.41) is 12.8. The Kier molecular flexibility index (Phi) is 4.40. The SMILES string of the molecule is CC1CCc2c(sc(NC(=O)Cn3cc(N)ccc3=O)c2C#N)C1. The molecule has 2 heterocycles. The normalized spacial score (nSPS) is 16.2. The lowest BCUT2D eigenvalue weighted by Gasteiger charge is -2.17. The minimum Gasteiger partial charge on any atom is -0.398 e. The minimum absolute atomic E-state index is 0.131. The standard InChI is InChI=1S/C17H18N4O2S/c1-10-2-4-12-13(7-18)17(24-14(12)6-10)20-15(22)9-21-8-11(19)3-5-16(21)23/h3,5,8,10H,2,4,6,9,19H2,1H3,(H,20,22). The van der Waals surface area contributed by atoms with Gasteiger partial charge < -0.3 is 15.6 Å². The van der Waals surface area contributed by atoms with Crippen molar-refractivity contribution in [1.82, 2.24) is 4.57 Å². The number of aromatic nitrogens is 1. The molecule has 0 bridgehead atoms. The Morgan fingerprint density at radius 1 is 1.54 bits per heavy atom. The van der Waals surface area contributed by atoms with Gasteiger partial charge in [-0.2, -0.15) is 5.26 Å². The lowest BCUT2D eigenvalue weighted by Crippen LogP contribution is -2.27. The topological polar surface area (TPSA) is 101 Å². The number of nitriles is 1. The molecule has 0 spiro atoms. The molecule has 0 aromatic carbocycles. The van der Waals surface area contributed by atoms with Crippen molar-refractivity contribution in [3.05, 3.63) is 44.7 Å². The van der Waals surface area contributed by atoms with E-state index in [0.29, 0.717) is 22.2 Å². The van der Waals surface area contributed by atoms with Crippen molar-refractivity contribution in [3.63, 3.8) is 0 Å². The van der Waals surface area contributed by atoms with E-state index in [1.54, 1.807) is 0 Å². The van der Waals surface area contributed by atoms with Crippen molar-refractivity contribution < 1.29 is 4.79 Å². The molecule has 1 aliphatic rings. The first-order chi connectivity index (χ1) is 11.5. The highest BCUT2D eigenvalue weighted by Gasteiger charge is 2.24. The van der Waals surface area contributed by atoms with E-state index in [1.165, 1.54) is 39.1 Å². The smallest absolute Gasteiger partial charge is 0.251 e. The van der Waals surface area contributed by atoms with Gasteiger partial charge in [0.05, 0.1) is 5.56 Å². The second kappa shape index (κ2) is 6.49. The van der Waals surface area contributed by atoms with Gasteiger partial charge >= 0.3 is 0 Å². The fraction of sp³-hybridized carbons (Fsp3) is 0.353. The fourth-order valence-corrected chi connectivity index (χ4v) is 4.33. The number of amides is 1. The van der Waals surface area contributed by atoms with Gasteiger partial charge in [-0.1, -0.05) is 6.92 Å². The summed E-state index contributed by atoms with van der Waals surface area (Å²) in [5.41, 5.74) is 7.40. The number of pyridine rings is 1. The molecule has 0 saturated heterocycles. The summed E-state index contributed by atoms with van der Waals surface area (Å²) >= 11 is 1.47. The van der Waals surface area contributed by atoms with E-state index in [1.807, 2.05) is 0 Å². The predicted octanol–water partition coefficient (Wildman–Crippen LogP) is 2.13. The third-order valence-electron chi connectivity index (χ3n) is 4.20. The van der Waals surface area contributed by atoms with Gasteiger partial charge in [-0.25, -0.2) is 0 Å². The van der Waals surface area contributed by atoms with Gasteiger partial charge in [0.15, 0.2) is 0 Å². The second-order valence-corrected chi connectivity index (χ2v) is 7.25. The van der Waals surface area contributed by atoms with E-state index < -0.39 is 0 Å². The molecule has 0 saturated carbocycles. The molecule has 0 radical (unpaired) electrons. The third-order valence-corrected chi connectivity index (χ3v) is 5.37. The lowest BCUT2D eigenvalue weighted by atomic mass is 9.89. The summed E-state index contributed by atoms with van der Waals surface area (Å²) in [7, 11) is 0. The number of hydrogen-bond acceptors (Lipinski definition) is 5. The average molecular weight is 342 g/mol. The number of fused-ring (bicyclic) bond motifs is 1. The van der Waals surface area contributed by atoms with E-state index in [2.05, 4.69) is 18.3 Å². The third kappa shape index (κ3) is 3.19. The van der Waals surface area contributed by atoms with E-state index >= 15 is 0 Å². The van der Waals surface area contributed by atoms with Gasteiger partial charge in [0.1, 0.15) is 17.6 Å². The van der Waals surface area contributed by atoms with E-state index in [4.69, 9.17) is 5.73 Å². The Morgan fingerprint density at radius 3 is 3.08 bits per heavy atom. The van der Waals surface area contributed by atoms with Crippen molar-refractivity contribution in [1.29, 1.82) is 5.26 Å². The minimum atomic E-state index is -0.342. The summed E-state index contributed by atoms with van der Waals surface area (Å²) in [6.07, 6.45) is 4.32. The molecule has 2 aromatic rings. The summed E-state index contributed by atoms with van der Waals surface area (Å²) in [6.45, 7) is 2.06. The Labute approximate surface area is 143 Å². The van der Waals surface area contributed by atoms with Crippen LogP contribution in [0, 0.1) is 17.2 Å². The first kappa shape index (κ1) is 16.3. The number of nitrogens with one attached hydrogen (secondary N) is 1. The predicted molar refractivity (Wildman–Crippen MR) is 94.0 cm³/mol. The summed E-state index contributed by atoms with van der Waals surface area (Å²) in [5.74, 6) is 0.253. The number of thiophene rings is 1. The molecule has 2 aromatic heterocycles. The Morgan fingerprint density at radius 2 is 2.33 bits per heavy atom. The second-order valence-electron chi connectivity index (χ2n) is 6.14. The van der Waals surface area contributed by atoms with E-state index in [0.717, 1.165) is 24.8 Å². The number of nitrogens with two attached hydrogens (primary N) is 1. The summed E-state index contributed by atoms with van der Waals surface area (Å²) < 4.78 is 1.26. The van der Waals surface area contributed by atoms with Crippen molar-refractivity contribution in [2.75, 3.05) is 11.1 Å². The van der Waals surface area contributed by atoms with Crippen LogP contribution < -0.4 is 16.6 Å². The average Bonchev–Trinajstić information content (AvgIpc) is 2.86. The van der Waals surface area contributed by atoms with Crippen LogP contribution >= 0.6 is 11.3 Å². The number of carbonyl (C=O) groups excluding carboxylic acids is 1. The maximum Gasteiger partial charge on any atom is 0.251 e. The quantitative estimate of drug-likeness (QED) is 0.892. The molecular formula is C17H18N4O2S. The molecule has 1 atom stereocenters. The van der Waals surface area contributed by atoms with Gasteiger partial charge in [0, 0.05) is 22.8 Å². The van der Waals surface area contributed by atoms with Crippen LogP contribution in [0.25, 0.3) is 0 Å². The number of nitrogen functional groups attached to an aromatic ring is 1. The van der Waals surface area contributed by atoms with Gasteiger partial charge in [0.25, 0.3) is 5.56 Å². The molecule has 24 heavy (non-hydrogen) atoms. The first-order valence-electron chi connectivity index (χ1n) is 7.78. The zero-order valence-corrected chi connectivity index (χ0v) is 14.2. The fourth-order valence-electron chi connectivity index (χ4n) is 2.95. The lowest BCUT2D eigenvalue weighted by molar-refractivity contribution is -0.116. The number of hydrogen-bond donors (Lipinski definition) is 2. The molecule has 1 amide bonds. The monoisotopic (exact) mass is 342 g/mol. The van der Waals surface area contributed by atoms with Crippen LogP contribution in [0.2, 0.25) is 0 Å². The molecule has 0 fully saturated rings. The molecule has 1 aliphatic carbocycles. The van der Waals surface area contributed by atoms with Crippen LogP contribution in [0.3, 0.4) is 0 Å². The van der Waals surface area contributed by atoms with E-state index in [9.17, 15) is 14.9 Å². The van der Waals surface area contributed by atoms with Crippen LogP contribution in [0.1, 0.15) is 29.3 Å². The van der Waals surface area contributed by atoms with Gasteiger partial charge in [0.2, 0.25) is 5.91 Å². The number of carbonyl (C=O) groups is 1. The molecule has 1 unspecified atom stereocenters.